The van der Waals surface area contributed by atoms with E-state index in [9.17, 15) is 9.90 Å². The van der Waals surface area contributed by atoms with Crippen molar-refractivity contribution in [2.75, 3.05) is 29.9 Å². The molecule has 6 heteroatoms. The highest BCUT2D eigenvalue weighted by Crippen LogP contribution is 2.45. The molecule has 1 aromatic heterocycles. The third kappa shape index (κ3) is 2.68. The van der Waals surface area contributed by atoms with E-state index in [2.05, 4.69) is 10.5 Å². The second-order valence-corrected chi connectivity index (χ2v) is 7.03. The van der Waals surface area contributed by atoms with Crippen LogP contribution in [0.1, 0.15) is 36.7 Å². The predicted molar refractivity (Wildman–Crippen MR) is 107 cm³/mol. The number of nitrogens with zero attached hydrogens (tertiary/aromatic N) is 2. The summed E-state index contributed by atoms with van der Waals surface area (Å²) in [6.07, 6.45) is 0. The van der Waals surface area contributed by atoms with Crippen LogP contribution >= 0.6 is 0 Å². The van der Waals surface area contributed by atoms with E-state index in [1.54, 1.807) is 0 Å². The van der Waals surface area contributed by atoms with Crippen molar-refractivity contribution in [1.29, 1.82) is 0 Å². The Morgan fingerprint density at radius 2 is 2.00 bits per heavy atom. The number of likely N-dealkylation sites (N-methyl/N-ethyl adjacent to an activating group) is 1. The molecule has 0 saturated carbocycles. The molecule has 0 saturated heterocycles. The lowest BCUT2D eigenvalue weighted by molar-refractivity contribution is 0.104. The molecular formula is C21H23N3O3. The Bertz CT molecular complexity index is 1020. The zero-order valence-electron chi connectivity index (χ0n) is 15.7. The van der Waals surface area contributed by atoms with Crippen molar-refractivity contribution in [1.82, 2.24) is 5.16 Å². The van der Waals surface area contributed by atoms with Crippen LogP contribution in [0.15, 0.2) is 34.9 Å². The molecule has 0 aliphatic heterocycles. The van der Waals surface area contributed by atoms with Gasteiger partial charge in [-0.15, -0.1) is 0 Å². The second-order valence-electron chi connectivity index (χ2n) is 7.03. The third-order valence-corrected chi connectivity index (χ3v) is 4.91. The van der Waals surface area contributed by atoms with E-state index in [1.165, 1.54) is 0 Å². The molecule has 2 aromatic carbocycles. The van der Waals surface area contributed by atoms with E-state index in [0.717, 1.165) is 22.3 Å². The van der Waals surface area contributed by atoms with Crippen LogP contribution in [0, 0.1) is 0 Å². The summed E-state index contributed by atoms with van der Waals surface area (Å²) in [5.41, 5.74) is 4.30. The van der Waals surface area contributed by atoms with Crippen molar-refractivity contribution in [2.45, 2.75) is 26.8 Å². The van der Waals surface area contributed by atoms with Crippen molar-refractivity contribution < 1.29 is 14.4 Å². The average molecular weight is 365 g/mol. The molecule has 0 fully saturated rings. The number of carbonyl (C=O) groups excluding carboxylic acids is 1. The molecular weight excluding hydrogens is 342 g/mol. The van der Waals surface area contributed by atoms with Gasteiger partial charge in [-0.1, -0.05) is 29.4 Å². The maximum absolute atomic E-state index is 13.3. The Balaban J connectivity index is 2.06. The molecule has 4 rings (SSSR count). The Morgan fingerprint density at radius 3 is 2.67 bits per heavy atom. The van der Waals surface area contributed by atoms with E-state index in [-0.39, 0.29) is 18.4 Å². The SMILES string of the molecule is CCN(CCO)c1cc(NC(C)C)c2c3c(onc13)-c1ccccc1C2=O. The summed E-state index contributed by atoms with van der Waals surface area (Å²) in [7, 11) is 0. The third-order valence-electron chi connectivity index (χ3n) is 4.91. The number of rotatable bonds is 6. The Hall–Kier alpha value is -2.86. The molecule has 0 bridgehead atoms. The van der Waals surface area contributed by atoms with Gasteiger partial charge < -0.3 is 19.8 Å². The number of aromatic nitrogens is 1. The zero-order valence-corrected chi connectivity index (χ0v) is 15.7. The summed E-state index contributed by atoms with van der Waals surface area (Å²) in [5.74, 6) is 0.607. The highest BCUT2D eigenvalue weighted by atomic mass is 16.5. The van der Waals surface area contributed by atoms with Gasteiger partial charge in [0.25, 0.3) is 0 Å². The summed E-state index contributed by atoms with van der Waals surface area (Å²) in [6, 6.07) is 9.59. The number of benzene rings is 2. The second kappa shape index (κ2) is 6.70. The van der Waals surface area contributed by atoms with Crippen LogP contribution in [-0.2, 0) is 0 Å². The van der Waals surface area contributed by atoms with Crippen molar-refractivity contribution in [3.8, 4) is 11.3 Å². The van der Waals surface area contributed by atoms with Gasteiger partial charge in [-0.3, -0.25) is 4.79 Å². The summed E-state index contributed by atoms with van der Waals surface area (Å²) in [4.78, 5) is 15.4. The van der Waals surface area contributed by atoms with Gasteiger partial charge in [0.05, 0.1) is 23.2 Å². The number of hydrogen-bond acceptors (Lipinski definition) is 6. The van der Waals surface area contributed by atoms with Crippen molar-refractivity contribution in [3.05, 3.63) is 41.5 Å². The number of hydrogen-bond donors (Lipinski definition) is 2. The van der Waals surface area contributed by atoms with Gasteiger partial charge in [0.1, 0.15) is 5.52 Å². The van der Waals surface area contributed by atoms with Gasteiger partial charge in [0, 0.05) is 35.9 Å². The van der Waals surface area contributed by atoms with Gasteiger partial charge in [-0.2, -0.15) is 0 Å². The molecule has 140 valence electrons. The van der Waals surface area contributed by atoms with E-state index in [0.29, 0.717) is 35.5 Å². The molecule has 0 atom stereocenters. The number of fused-ring (bicyclic) bond motifs is 2. The lowest BCUT2D eigenvalue weighted by Gasteiger charge is -2.26. The number of anilines is 2. The van der Waals surface area contributed by atoms with Gasteiger partial charge in [-0.05, 0) is 26.8 Å². The van der Waals surface area contributed by atoms with E-state index < -0.39 is 0 Å². The van der Waals surface area contributed by atoms with Crippen molar-refractivity contribution >= 4 is 28.1 Å². The number of aliphatic hydroxyl groups is 1. The number of ketones is 1. The van der Waals surface area contributed by atoms with Crippen molar-refractivity contribution in [2.24, 2.45) is 0 Å². The first-order valence-electron chi connectivity index (χ1n) is 9.29. The van der Waals surface area contributed by atoms with Crippen LogP contribution in [-0.4, -0.2) is 41.8 Å². The summed E-state index contributed by atoms with van der Waals surface area (Å²) < 4.78 is 5.73. The van der Waals surface area contributed by atoms with Gasteiger partial charge in [0.15, 0.2) is 11.5 Å². The highest BCUT2D eigenvalue weighted by Gasteiger charge is 2.33. The summed E-state index contributed by atoms with van der Waals surface area (Å²) >= 11 is 0. The minimum atomic E-state index is -0.0220. The topological polar surface area (TPSA) is 78.6 Å². The van der Waals surface area contributed by atoms with Crippen LogP contribution in [0.2, 0.25) is 0 Å². The molecule has 1 aliphatic carbocycles. The first kappa shape index (κ1) is 17.5. The average Bonchev–Trinajstić information content (AvgIpc) is 3.09. The Kier molecular flexibility index (Phi) is 4.36. The van der Waals surface area contributed by atoms with E-state index in [4.69, 9.17) is 4.52 Å². The minimum absolute atomic E-state index is 0.0220. The summed E-state index contributed by atoms with van der Waals surface area (Å²) in [6.45, 7) is 7.34. The fourth-order valence-electron chi connectivity index (χ4n) is 3.78. The zero-order chi connectivity index (χ0) is 19.1. The molecule has 0 unspecified atom stereocenters. The Morgan fingerprint density at radius 1 is 1.26 bits per heavy atom. The van der Waals surface area contributed by atoms with Crippen LogP contribution < -0.4 is 10.2 Å². The molecule has 3 aromatic rings. The minimum Gasteiger partial charge on any atom is -0.395 e. The molecule has 6 nitrogen and oxygen atoms in total. The van der Waals surface area contributed by atoms with Crippen LogP contribution in [0.25, 0.3) is 22.2 Å². The quantitative estimate of drug-likeness (QED) is 0.543. The smallest absolute Gasteiger partial charge is 0.196 e. The fourth-order valence-corrected chi connectivity index (χ4v) is 3.78. The molecule has 0 spiro atoms. The highest BCUT2D eigenvalue weighted by molar-refractivity contribution is 6.28. The first-order chi connectivity index (χ1) is 13.1. The molecule has 0 amide bonds. The molecule has 1 heterocycles. The fraction of sp³-hybridized carbons (Fsp3) is 0.333. The number of nitrogens with one attached hydrogen (secondary N) is 1. The molecule has 27 heavy (non-hydrogen) atoms. The monoisotopic (exact) mass is 365 g/mol. The summed E-state index contributed by atoms with van der Waals surface area (Å²) in [5, 5.41) is 17.9. The predicted octanol–water partition coefficient (Wildman–Crippen LogP) is 3.68. The van der Waals surface area contributed by atoms with Crippen LogP contribution in [0.4, 0.5) is 11.4 Å². The first-order valence-corrected chi connectivity index (χ1v) is 9.29. The van der Waals surface area contributed by atoms with Crippen LogP contribution in [0.3, 0.4) is 0 Å². The van der Waals surface area contributed by atoms with Crippen LogP contribution in [0.5, 0.6) is 0 Å². The molecule has 1 aliphatic rings. The lowest BCUT2D eigenvalue weighted by atomic mass is 9.86. The molecule has 2 N–H and O–H groups in total. The molecule has 0 radical (unpaired) electrons. The standard InChI is InChI=1S/C21H23N3O3/c1-4-24(9-10-25)16-11-15(22-12(2)3)17-18-19(16)23-27-21(18)14-8-6-5-7-13(14)20(17)26/h5-8,11-12,22,25H,4,9-10H2,1-3H3. The van der Waals surface area contributed by atoms with Crippen molar-refractivity contribution in [3.63, 3.8) is 0 Å². The largest absolute Gasteiger partial charge is 0.395 e. The number of carbonyl (C=O) groups is 1. The van der Waals surface area contributed by atoms with Gasteiger partial charge >= 0.3 is 0 Å². The maximum Gasteiger partial charge on any atom is 0.196 e. The van der Waals surface area contributed by atoms with Gasteiger partial charge in [-0.25, -0.2) is 0 Å². The van der Waals surface area contributed by atoms with E-state index in [1.807, 2.05) is 56.0 Å². The van der Waals surface area contributed by atoms with E-state index >= 15 is 0 Å². The Labute approximate surface area is 157 Å². The maximum atomic E-state index is 13.3. The van der Waals surface area contributed by atoms with Gasteiger partial charge in [0.2, 0.25) is 0 Å². The normalized spacial score (nSPS) is 12.6. The number of aliphatic hydroxyl groups excluding tert-OH is 1. The lowest BCUT2D eigenvalue weighted by Crippen LogP contribution is -2.27.